The highest BCUT2D eigenvalue weighted by atomic mass is 16.4. The number of aromatic nitrogens is 2. The van der Waals surface area contributed by atoms with E-state index in [1.807, 2.05) is 0 Å². The average Bonchev–Trinajstić information content (AvgIpc) is 3.46. The van der Waals surface area contributed by atoms with Crippen LogP contribution in [0, 0.1) is 0 Å². The molecule has 2 rings (SSSR count). The van der Waals surface area contributed by atoms with Crippen molar-refractivity contribution >= 4 is 35.6 Å². The zero-order valence-corrected chi connectivity index (χ0v) is 23.0. The van der Waals surface area contributed by atoms with Gasteiger partial charge < -0.3 is 49.0 Å². The maximum Gasteiger partial charge on any atom is 0.326 e. The molecule has 0 aliphatic carbocycles. The van der Waals surface area contributed by atoms with Crippen LogP contribution in [0.25, 0.3) is 0 Å². The van der Waals surface area contributed by atoms with Gasteiger partial charge in [0.15, 0.2) is 5.96 Å². The summed E-state index contributed by atoms with van der Waals surface area (Å²) in [6, 6.07) is 4.00. The van der Waals surface area contributed by atoms with E-state index in [-0.39, 0.29) is 51.0 Å². The lowest BCUT2D eigenvalue weighted by Gasteiger charge is -2.25. The molecule has 1 aromatic carbocycles. The van der Waals surface area contributed by atoms with Gasteiger partial charge in [0, 0.05) is 37.7 Å². The molecule has 0 saturated heterocycles. The van der Waals surface area contributed by atoms with E-state index in [4.69, 9.17) is 22.9 Å². The molecular formula is C26H38N10O6. The maximum absolute atomic E-state index is 13.4. The molecule has 4 unspecified atom stereocenters. The summed E-state index contributed by atoms with van der Waals surface area (Å²) in [7, 11) is 0. The number of imidazole rings is 1. The normalized spacial score (nSPS) is 13.5. The lowest BCUT2D eigenvalue weighted by atomic mass is 10.0. The number of hydrogen-bond donors (Lipinski definition) is 9. The Morgan fingerprint density at radius 1 is 0.881 bits per heavy atom. The quantitative estimate of drug-likeness (QED) is 0.0498. The van der Waals surface area contributed by atoms with Crippen LogP contribution in [0.15, 0.2) is 47.8 Å². The highest BCUT2D eigenvalue weighted by Gasteiger charge is 2.30. The number of primary amides is 1. The monoisotopic (exact) mass is 586 g/mol. The van der Waals surface area contributed by atoms with Crippen LogP contribution in [-0.4, -0.2) is 81.3 Å². The molecule has 0 aliphatic heterocycles. The zero-order chi connectivity index (χ0) is 31.1. The largest absolute Gasteiger partial charge is 0.480 e. The van der Waals surface area contributed by atoms with Gasteiger partial charge >= 0.3 is 5.97 Å². The molecule has 0 spiro atoms. The third kappa shape index (κ3) is 12.0. The summed E-state index contributed by atoms with van der Waals surface area (Å²) in [6.07, 6.45) is 2.99. The van der Waals surface area contributed by atoms with Crippen LogP contribution in [0.5, 0.6) is 0 Å². The number of aliphatic imine (C=N–C) groups is 1. The van der Waals surface area contributed by atoms with Gasteiger partial charge in [0.05, 0.1) is 12.4 Å². The minimum atomic E-state index is -1.31. The molecular weight excluding hydrogens is 548 g/mol. The molecule has 42 heavy (non-hydrogen) atoms. The zero-order valence-electron chi connectivity index (χ0n) is 23.0. The Morgan fingerprint density at radius 2 is 1.52 bits per heavy atom. The number of nitrogens with zero attached hydrogens (tertiary/aromatic N) is 2. The summed E-state index contributed by atoms with van der Waals surface area (Å²) in [5.41, 5.74) is 22.9. The van der Waals surface area contributed by atoms with Gasteiger partial charge in [-0.3, -0.25) is 24.2 Å². The number of rotatable bonds is 18. The minimum Gasteiger partial charge on any atom is -0.480 e. The van der Waals surface area contributed by atoms with Crippen LogP contribution >= 0.6 is 0 Å². The highest BCUT2D eigenvalue weighted by molar-refractivity contribution is 5.94. The van der Waals surface area contributed by atoms with Crippen LogP contribution in [0.2, 0.25) is 0 Å². The first-order valence-electron chi connectivity index (χ1n) is 13.2. The number of benzene rings is 1. The first kappa shape index (κ1) is 33.2. The fourth-order valence-electron chi connectivity index (χ4n) is 3.90. The van der Waals surface area contributed by atoms with Gasteiger partial charge in [-0.05, 0) is 24.8 Å². The SMILES string of the molecule is NC(=O)CCC(N)C(=O)NC(CCCN=C(N)N)C(=O)NC(Cc1ccccc1)C(=O)NC(Cc1cnc[nH]1)C(=O)O. The number of nitrogens with one attached hydrogen (secondary N) is 4. The van der Waals surface area contributed by atoms with Crippen LogP contribution in [0.4, 0.5) is 0 Å². The average molecular weight is 587 g/mol. The fraction of sp³-hybridized carbons (Fsp3) is 0.423. The number of carbonyl (C=O) groups is 5. The summed E-state index contributed by atoms with van der Waals surface area (Å²) in [5.74, 6) is -4.22. The molecule has 16 nitrogen and oxygen atoms in total. The van der Waals surface area contributed by atoms with Gasteiger partial charge in [-0.15, -0.1) is 0 Å². The van der Waals surface area contributed by atoms with Crippen molar-refractivity contribution in [2.24, 2.45) is 27.9 Å². The number of carboxylic acid groups (broad SMARTS) is 1. The maximum atomic E-state index is 13.4. The van der Waals surface area contributed by atoms with Gasteiger partial charge in [-0.2, -0.15) is 0 Å². The molecule has 16 heteroatoms. The van der Waals surface area contributed by atoms with E-state index in [0.717, 1.165) is 0 Å². The summed E-state index contributed by atoms with van der Waals surface area (Å²) >= 11 is 0. The third-order valence-electron chi connectivity index (χ3n) is 6.13. The summed E-state index contributed by atoms with van der Waals surface area (Å²) in [6.45, 7) is 0.164. The van der Waals surface area contributed by atoms with Gasteiger partial charge in [0.1, 0.15) is 18.1 Å². The number of carbonyl (C=O) groups excluding carboxylic acids is 4. The van der Waals surface area contributed by atoms with Crippen molar-refractivity contribution in [3.63, 3.8) is 0 Å². The van der Waals surface area contributed by atoms with Crippen molar-refractivity contribution in [3.05, 3.63) is 54.1 Å². The third-order valence-corrected chi connectivity index (χ3v) is 6.13. The van der Waals surface area contributed by atoms with Crippen LogP contribution < -0.4 is 38.9 Å². The smallest absolute Gasteiger partial charge is 0.326 e. The predicted octanol–water partition coefficient (Wildman–Crippen LogP) is -2.62. The number of carboxylic acids is 1. The van der Waals surface area contributed by atoms with Gasteiger partial charge in [-0.25, -0.2) is 9.78 Å². The standard InChI is InChI=1S/C26H38N10O6/c27-17(8-9-21(28)37)22(38)34-18(7-4-10-32-26(29)30)23(39)35-19(11-15-5-2-1-3-6-15)24(40)36-20(25(41)42)12-16-13-31-14-33-16/h1-3,5-6,13-14,17-20H,4,7-12,27H2,(H2,28,37)(H,31,33)(H,34,38)(H,35,39)(H,36,40)(H,41,42)(H4,29,30,32). The van der Waals surface area contributed by atoms with Crippen molar-refractivity contribution in [1.29, 1.82) is 0 Å². The van der Waals surface area contributed by atoms with Crippen molar-refractivity contribution in [2.45, 2.75) is 62.7 Å². The van der Waals surface area contributed by atoms with Gasteiger partial charge in [-0.1, -0.05) is 30.3 Å². The Morgan fingerprint density at radius 3 is 2.12 bits per heavy atom. The van der Waals surface area contributed by atoms with Crippen molar-refractivity contribution in [3.8, 4) is 0 Å². The minimum absolute atomic E-state index is 0.0294. The van der Waals surface area contributed by atoms with Crippen molar-refractivity contribution in [2.75, 3.05) is 6.54 Å². The van der Waals surface area contributed by atoms with Crippen molar-refractivity contribution < 1.29 is 29.1 Å². The Bertz CT molecular complexity index is 1220. The Kier molecular flexibility index (Phi) is 13.4. The Labute approximate surface area is 242 Å². The van der Waals surface area contributed by atoms with Gasteiger partial charge in [0.25, 0.3) is 0 Å². The molecule has 0 saturated carbocycles. The number of aliphatic carboxylic acids is 1. The highest BCUT2D eigenvalue weighted by Crippen LogP contribution is 2.08. The van der Waals surface area contributed by atoms with E-state index in [2.05, 4.69) is 30.9 Å². The molecule has 228 valence electrons. The predicted molar refractivity (Wildman–Crippen MR) is 152 cm³/mol. The van der Waals surface area contributed by atoms with Crippen molar-refractivity contribution in [1.82, 2.24) is 25.9 Å². The lowest BCUT2D eigenvalue weighted by molar-refractivity contribution is -0.142. The molecule has 2 aromatic rings. The second-order valence-corrected chi connectivity index (χ2v) is 9.55. The van der Waals surface area contributed by atoms with Gasteiger partial charge in [0.2, 0.25) is 23.6 Å². The fourth-order valence-corrected chi connectivity index (χ4v) is 3.90. The second-order valence-electron chi connectivity index (χ2n) is 9.55. The van der Waals surface area contributed by atoms with Crippen LogP contribution in [0.3, 0.4) is 0 Å². The van der Waals surface area contributed by atoms with E-state index in [9.17, 15) is 29.1 Å². The van der Waals surface area contributed by atoms with Crippen LogP contribution in [-0.2, 0) is 36.8 Å². The molecule has 1 heterocycles. The molecule has 0 fully saturated rings. The molecule has 13 N–H and O–H groups in total. The number of hydrogen-bond acceptors (Lipinski definition) is 8. The first-order chi connectivity index (χ1) is 20.0. The summed E-state index contributed by atoms with van der Waals surface area (Å²) in [4.78, 5) is 73.0. The van der Waals surface area contributed by atoms with E-state index in [0.29, 0.717) is 11.3 Å². The van der Waals surface area contributed by atoms with Crippen LogP contribution in [0.1, 0.15) is 36.9 Å². The Balaban J connectivity index is 2.23. The molecule has 0 aliphatic rings. The molecule has 4 atom stereocenters. The summed E-state index contributed by atoms with van der Waals surface area (Å²) in [5, 5.41) is 17.4. The van der Waals surface area contributed by atoms with E-state index < -0.39 is 53.8 Å². The number of nitrogens with two attached hydrogens (primary N) is 4. The molecule has 4 amide bonds. The van der Waals surface area contributed by atoms with E-state index in [1.165, 1.54) is 12.5 Å². The Hall–Kier alpha value is -4.99. The number of H-pyrrole nitrogens is 1. The lowest BCUT2D eigenvalue weighted by Crippen LogP contribution is -2.57. The molecule has 0 radical (unpaired) electrons. The first-order valence-corrected chi connectivity index (χ1v) is 13.2. The van der Waals surface area contributed by atoms with E-state index in [1.54, 1.807) is 30.3 Å². The second kappa shape index (κ2) is 17.0. The number of amides is 4. The summed E-state index contributed by atoms with van der Waals surface area (Å²) < 4.78 is 0. The molecule has 0 bridgehead atoms. The number of aromatic amines is 1. The number of guanidine groups is 1. The molecule has 1 aromatic heterocycles. The topological polar surface area (TPSA) is 287 Å². The van der Waals surface area contributed by atoms with E-state index >= 15 is 0 Å².